The lowest BCUT2D eigenvalue weighted by Gasteiger charge is -2.14. The highest BCUT2D eigenvalue weighted by Gasteiger charge is 2.14. The highest BCUT2D eigenvalue weighted by molar-refractivity contribution is 9.10. The molecular weight excluding hydrogens is 378 g/mol. The Morgan fingerprint density at radius 1 is 1.00 bits per heavy atom. The Balaban J connectivity index is 2.29. The van der Waals surface area contributed by atoms with Crippen LogP contribution in [0.25, 0.3) is 0 Å². The Hall–Kier alpha value is -2.41. The Labute approximate surface area is 148 Å². The van der Waals surface area contributed by atoms with Gasteiger partial charge in [-0.2, -0.15) is 0 Å². The first kappa shape index (κ1) is 17.9. The third-order valence-corrected chi connectivity index (χ3v) is 4.13. The molecule has 0 aromatic heterocycles. The van der Waals surface area contributed by atoms with Gasteiger partial charge in [0, 0.05) is 16.1 Å². The maximum absolute atomic E-state index is 11.5. The smallest absolute Gasteiger partial charge is 0.252 e. The zero-order valence-electron chi connectivity index (χ0n) is 13.6. The standard InChI is InChI=1S/C17H18BrNO5/c1-21-11-4-5-12(17(19)20)14(7-11)24-9-10-6-15(22-2)16(23-3)8-13(10)18/h4-8H,9H2,1-3H3,(H2,19,20). The van der Waals surface area contributed by atoms with Gasteiger partial charge < -0.3 is 24.7 Å². The Kier molecular flexibility index (Phi) is 5.92. The number of hydrogen-bond acceptors (Lipinski definition) is 5. The molecule has 128 valence electrons. The summed E-state index contributed by atoms with van der Waals surface area (Å²) in [6, 6.07) is 8.43. The Morgan fingerprint density at radius 2 is 1.67 bits per heavy atom. The number of amides is 1. The zero-order chi connectivity index (χ0) is 17.7. The number of carbonyl (C=O) groups is 1. The monoisotopic (exact) mass is 395 g/mol. The number of hydrogen-bond donors (Lipinski definition) is 1. The molecule has 6 nitrogen and oxygen atoms in total. The molecule has 2 rings (SSSR count). The average molecular weight is 396 g/mol. The molecule has 0 atom stereocenters. The van der Waals surface area contributed by atoms with Crippen molar-refractivity contribution in [2.75, 3.05) is 21.3 Å². The minimum atomic E-state index is -0.570. The quantitative estimate of drug-likeness (QED) is 0.778. The van der Waals surface area contributed by atoms with Crippen LogP contribution in [-0.2, 0) is 6.61 Å². The largest absolute Gasteiger partial charge is 0.497 e. The van der Waals surface area contributed by atoms with Gasteiger partial charge in [0.25, 0.3) is 5.91 Å². The van der Waals surface area contributed by atoms with E-state index in [1.807, 2.05) is 0 Å². The predicted molar refractivity (Wildman–Crippen MR) is 93.1 cm³/mol. The van der Waals surface area contributed by atoms with E-state index < -0.39 is 5.91 Å². The van der Waals surface area contributed by atoms with Crippen LogP contribution in [0.4, 0.5) is 0 Å². The third kappa shape index (κ3) is 3.91. The maximum atomic E-state index is 11.5. The fraction of sp³-hybridized carbons (Fsp3) is 0.235. The fourth-order valence-electron chi connectivity index (χ4n) is 2.12. The first-order valence-corrected chi connectivity index (χ1v) is 7.80. The molecule has 0 radical (unpaired) electrons. The third-order valence-electron chi connectivity index (χ3n) is 3.39. The van der Waals surface area contributed by atoms with Gasteiger partial charge in [0.15, 0.2) is 11.5 Å². The second-order valence-corrected chi connectivity index (χ2v) is 5.67. The van der Waals surface area contributed by atoms with Crippen molar-refractivity contribution in [2.24, 2.45) is 5.73 Å². The summed E-state index contributed by atoms with van der Waals surface area (Å²) in [6.45, 7) is 0.203. The molecule has 2 aromatic carbocycles. The molecule has 0 saturated carbocycles. The molecule has 0 aliphatic rings. The molecule has 7 heteroatoms. The van der Waals surface area contributed by atoms with Gasteiger partial charge in [0.05, 0.1) is 26.9 Å². The van der Waals surface area contributed by atoms with Crippen molar-refractivity contribution in [3.8, 4) is 23.0 Å². The van der Waals surface area contributed by atoms with Gasteiger partial charge in [-0.05, 0) is 24.3 Å². The summed E-state index contributed by atoms with van der Waals surface area (Å²) in [5.41, 5.74) is 6.49. The molecule has 0 bridgehead atoms. The molecule has 0 saturated heterocycles. The number of benzene rings is 2. The molecule has 0 heterocycles. The molecule has 0 aliphatic carbocycles. The van der Waals surface area contributed by atoms with Gasteiger partial charge in [0.2, 0.25) is 0 Å². The minimum absolute atomic E-state index is 0.203. The number of halogens is 1. The molecule has 1 amide bonds. The van der Waals surface area contributed by atoms with Gasteiger partial charge in [0.1, 0.15) is 18.1 Å². The summed E-state index contributed by atoms with van der Waals surface area (Å²) in [7, 11) is 4.66. The van der Waals surface area contributed by atoms with E-state index in [0.717, 1.165) is 10.0 Å². The number of nitrogens with two attached hydrogens (primary N) is 1. The summed E-state index contributed by atoms with van der Waals surface area (Å²) in [6.07, 6.45) is 0. The van der Waals surface area contributed by atoms with Crippen LogP contribution in [0.2, 0.25) is 0 Å². The lowest BCUT2D eigenvalue weighted by Crippen LogP contribution is -2.13. The van der Waals surface area contributed by atoms with Gasteiger partial charge in [-0.1, -0.05) is 15.9 Å². The van der Waals surface area contributed by atoms with Crippen molar-refractivity contribution < 1.29 is 23.7 Å². The highest BCUT2D eigenvalue weighted by atomic mass is 79.9. The molecule has 2 N–H and O–H groups in total. The van der Waals surface area contributed by atoms with Crippen molar-refractivity contribution >= 4 is 21.8 Å². The van der Waals surface area contributed by atoms with Crippen LogP contribution >= 0.6 is 15.9 Å². The topological polar surface area (TPSA) is 80.0 Å². The number of ether oxygens (including phenoxy) is 4. The van der Waals surface area contributed by atoms with E-state index in [0.29, 0.717) is 23.0 Å². The molecule has 2 aromatic rings. The van der Waals surface area contributed by atoms with E-state index in [1.54, 1.807) is 44.6 Å². The number of rotatable bonds is 7. The Bertz CT molecular complexity index is 748. The lowest BCUT2D eigenvalue weighted by molar-refractivity contribution is 0.0996. The van der Waals surface area contributed by atoms with E-state index in [4.69, 9.17) is 24.7 Å². The van der Waals surface area contributed by atoms with Gasteiger partial charge in [-0.15, -0.1) is 0 Å². The summed E-state index contributed by atoms with van der Waals surface area (Å²) in [5.74, 6) is 1.54. The van der Waals surface area contributed by atoms with E-state index in [2.05, 4.69) is 15.9 Å². The first-order valence-electron chi connectivity index (χ1n) is 7.01. The molecular formula is C17H18BrNO5. The fourth-order valence-corrected chi connectivity index (χ4v) is 2.55. The molecule has 0 unspecified atom stereocenters. The SMILES string of the molecule is COc1ccc(C(N)=O)c(OCc2cc(OC)c(OC)cc2Br)c1. The molecule has 24 heavy (non-hydrogen) atoms. The van der Waals surface area contributed by atoms with Gasteiger partial charge >= 0.3 is 0 Å². The minimum Gasteiger partial charge on any atom is -0.497 e. The van der Waals surface area contributed by atoms with Crippen molar-refractivity contribution in [1.82, 2.24) is 0 Å². The normalized spacial score (nSPS) is 10.2. The number of primary amides is 1. The van der Waals surface area contributed by atoms with Crippen LogP contribution < -0.4 is 24.7 Å². The van der Waals surface area contributed by atoms with E-state index in [9.17, 15) is 4.79 Å². The van der Waals surface area contributed by atoms with Crippen molar-refractivity contribution in [3.05, 3.63) is 45.9 Å². The maximum Gasteiger partial charge on any atom is 0.252 e. The summed E-state index contributed by atoms with van der Waals surface area (Å²) >= 11 is 3.47. The molecule has 0 aliphatic heterocycles. The number of carbonyl (C=O) groups excluding carboxylic acids is 1. The zero-order valence-corrected chi connectivity index (χ0v) is 15.2. The van der Waals surface area contributed by atoms with E-state index >= 15 is 0 Å². The molecule has 0 fully saturated rings. The van der Waals surface area contributed by atoms with Crippen LogP contribution in [0.15, 0.2) is 34.8 Å². The predicted octanol–water partition coefficient (Wildman–Crippen LogP) is 3.15. The molecule has 0 spiro atoms. The van der Waals surface area contributed by atoms with Crippen molar-refractivity contribution in [3.63, 3.8) is 0 Å². The Morgan fingerprint density at radius 3 is 2.25 bits per heavy atom. The first-order chi connectivity index (χ1) is 11.5. The lowest BCUT2D eigenvalue weighted by atomic mass is 10.1. The van der Waals surface area contributed by atoms with E-state index in [-0.39, 0.29) is 12.2 Å². The van der Waals surface area contributed by atoms with Crippen LogP contribution in [0.3, 0.4) is 0 Å². The van der Waals surface area contributed by atoms with Crippen LogP contribution in [-0.4, -0.2) is 27.2 Å². The number of methoxy groups -OCH3 is 3. The van der Waals surface area contributed by atoms with E-state index in [1.165, 1.54) is 7.11 Å². The van der Waals surface area contributed by atoms with Gasteiger partial charge in [-0.3, -0.25) is 4.79 Å². The van der Waals surface area contributed by atoms with Crippen molar-refractivity contribution in [2.45, 2.75) is 6.61 Å². The summed E-state index contributed by atoms with van der Waals surface area (Å²) in [5, 5.41) is 0. The second kappa shape index (κ2) is 7.92. The van der Waals surface area contributed by atoms with Gasteiger partial charge in [-0.25, -0.2) is 0 Å². The second-order valence-electron chi connectivity index (χ2n) is 4.81. The van der Waals surface area contributed by atoms with Crippen LogP contribution in [0.5, 0.6) is 23.0 Å². The summed E-state index contributed by atoms with van der Waals surface area (Å²) in [4.78, 5) is 11.5. The van der Waals surface area contributed by atoms with Crippen molar-refractivity contribution in [1.29, 1.82) is 0 Å². The average Bonchev–Trinajstić information content (AvgIpc) is 2.59. The van der Waals surface area contributed by atoms with Crippen LogP contribution in [0.1, 0.15) is 15.9 Å². The van der Waals surface area contributed by atoms with Crippen LogP contribution in [0, 0.1) is 0 Å². The summed E-state index contributed by atoms with van der Waals surface area (Å²) < 4.78 is 22.3. The highest BCUT2D eigenvalue weighted by Crippen LogP contribution is 2.34.